The fraction of sp³-hybridized carbons (Fsp3) is 0.125. The van der Waals surface area contributed by atoms with Crippen molar-refractivity contribution in [2.75, 3.05) is 0 Å². The van der Waals surface area contributed by atoms with Gasteiger partial charge in [0.15, 0.2) is 6.10 Å². The van der Waals surface area contributed by atoms with Gasteiger partial charge in [0.1, 0.15) is 0 Å². The van der Waals surface area contributed by atoms with E-state index >= 15 is 0 Å². The number of rotatable bonds is 2. The molecule has 0 aliphatic carbocycles. The average Bonchev–Trinajstić information content (AvgIpc) is 2.74. The van der Waals surface area contributed by atoms with Crippen LogP contribution in [0.15, 0.2) is 60.7 Å². The molecule has 0 spiro atoms. The lowest BCUT2D eigenvalue weighted by Crippen LogP contribution is -2.38. The molecular formula is C16H12O4. The number of Topliss-reactive ketones (excluding diaryl/α,β-unsaturated/α-hetero) is 1. The molecule has 2 aromatic rings. The smallest absolute Gasteiger partial charge is 0.352 e. The van der Waals surface area contributed by atoms with Gasteiger partial charge >= 0.3 is 5.97 Å². The maximum absolute atomic E-state index is 12.4. The highest BCUT2D eigenvalue weighted by Crippen LogP contribution is 2.39. The molecule has 4 heteroatoms. The summed E-state index contributed by atoms with van der Waals surface area (Å²) < 4.78 is 5.09. The summed E-state index contributed by atoms with van der Waals surface area (Å²) in [5, 5.41) is 10.5. The van der Waals surface area contributed by atoms with E-state index in [9.17, 15) is 14.7 Å². The second-order valence-corrected chi connectivity index (χ2v) is 4.64. The fourth-order valence-electron chi connectivity index (χ4n) is 2.32. The minimum atomic E-state index is -2.22. The number of hydrogen-bond acceptors (Lipinski definition) is 4. The number of cyclic esters (lactones) is 1. The monoisotopic (exact) mass is 268 g/mol. The Balaban J connectivity index is 2.04. The highest BCUT2D eigenvalue weighted by Gasteiger charge is 2.57. The minimum Gasteiger partial charge on any atom is -0.446 e. The molecule has 1 aliphatic heterocycles. The summed E-state index contributed by atoms with van der Waals surface area (Å²) in [6, 6.07) is 16.8. The van der Waals surface area contributed by atoms with Crippen LogP contribution in [0.5, 0.6) is 0 Å². The second-order valence-electron chi connectivity index (χ2n) is 4.64. The van der Waals surface area contributed by atoms with E-state index in [0.29, 0.717) is 5.56 Å². The van der Waals surface area contributed by atoms with Crippen LogP contribution in [-0.2, 0) is 19.9 Å². The first-order valence-electron chi connectivity index (χ1n) is 6.22. The van der Waals surface area contributed by atoms with Crippen LogP contribution in [-0.4, -0.2) is 16.9 Å². The first kappa shape index (κ1) is 12.6. The Morgan fingerprint density at radius 1 is 0.900 bits per heavy atom. The van der Waals surface area contributed by atoms with Gasteiger partial charge in [0.2, 0.25) is 5.78 Å². The fourth-order valence-corrected chi connectivity index (χ4v) is 2.32. The third kappa shape index (κ3) is 1.73. The van der Waals surface area contributed by atoms with Crippen LogP contribution in [0.1, 0.15) is 17.2 Å². The number of carbonyl (C=O) groups excluding carboxylic acids is 2. The summed E-state index contributed by atoms with van der Waals surface area (Å²) in [5.41, 5.74) is -1.44. The van der Waals surface area contributed by atoms with Crippen LogP contribution >= 0.6 is 0 Å². The van der Waals surface area contributed by atoms with Gasteiger partial charge in [-0.15, -0.1) is 0 Å². The highest BCUT2D eigenvalue weighted by atomic mass is 16.6. The molecule has 0 radical (unpaired) electrons. The Morgan fingerprint density at radius 3 is 2.05 bits per heavy atom. The zero-order valence-electron chi connectivity index (χ0n) is 10.5. The van der Waals surface area contributed by atoms with Crippen LogP contribution in [0.2, 0.25) is 0 Å². The van der Waals surface area contributed by atoms with Crippen molar-refractivity contribution in [2.24, 2.45) is 0 Å². The van der Waals surface area contributed by atoms with Crippen molar-refractivity contribution < 1.29 is 19.4 Å². The number of esters is 1. The number of ether oxygens (including phenoxy) is 1. The SMILES string of the molecule is O=C1OC(c2ccccc2)C(=O)C1(O)c1ccccc1. The van der Waals surface area contributed by atoms with Crippen molar-refractivity contribution in [2.45, 2.75) is 11.7 Å². The van der Waals surface area contributed by atoms with Crippen molar-refractivity contribution in [3.05, 3.63) is 71.8 Å². The first-order chi connectivity index (χ1) is 9.64. The molecule has 0 saturated carbocycles. The van der Waals surface area contributed by atoms with E-state index < -0.39 is 23.5 Å². The molecule has 0 bridgehead atoms. The predicted octanol–water partition coefficient (Wildman–Crippen LogP) is 1.74. The lowest BCUT2D eigenvalue weighted by Gasteiger charge is -2.16. The predicted molar refractivity (Wildman–Crippen MR) is 70.6 cm³/mol. The number of hydrogen-bond donors (Lipinski definition) is 1. The van der Waals surface area contributed by atoms with Crippen LogP contribution in [0.25, 0.3) is 0 Å². The summed E-state index contributed by atoms with van der Waals surface area (Å²) in [4.78, 5) is 24.4. The molecule has 4 nitrogen and oxygen atoms in total. The van der Waals surface area contributed by atoms with Gasteiger partial charge in [-0.05, 0) is 0 Å². The van der Waals surface area contributed by atoms with Gasteiger partial charge in [-0.3, -0.25) is 4.79 Å². The zero-order chi connectivity index (χ0) is 14.2. The van der Waals surface area contributed by atoms with E-state index in [2.05, 4.69) is 0 Å². The van der Waals surface area contributed by atoms with Crippen molar-refractivity contribution in [3.63, 3.8) is 0 Å². The Bertz CT molecular complexity index is 651. The van der Waals surface area contributed by atoms with E-state index in [-0.39, 0.29) is 5.56 Å². The lowest BCUT2D eigenvalue weighted by atomic mass is 9.88. The topological polar surface area (TPSA) is 63.6 Å². The summed E-state index contributed by atoms with van der Waals surface area (Å²) in [6.45, 7) is 0. The van der Waals surface area contributed by atoms with Crippen molar-refractivity contribution in [3.8, 4) is 0 Å². The Morgan fingerprint density at radius 2 is 1.45 bits per heavy atom. The largest absolute Gasteiger partial charge is 0.446 e. The molecule has 2 unspecified atom stereocenters. The summed E-state index contributed by atoms with van der Waals surface area (Å²) >= 11 is 0. The molecule has 1 saturated heterocycles. The first-order valence-corrected chi connectivity index (χ1v) is 6.22. The molecule has 20 heavy (non-hydrogen) atoms. The van der Waals surface area contributed by atoms with Crippen LogP contribution in [0.3, 0.4) is 0 Å². The lowest BCUT2D eigenvalue weighted by molar-refractivity contribution is -0.157. The maximum atomic E-state index is 12.4. The molecule has 0 aromatic heterocycles. The zero-order valence-corrected chi connectivity index (χ0v) is 10.5. The van der Waals surface area contributed by atoms with E-state index in [4.69, 9.17) is 4.74 Å². The minimum absolute atomic E-state index is 0.230. The van der Waals surface area contributed by atoms with Gasteiger partial charge in [0, 0.05) is 11.1 Å². The van der Waals surface area contributed by atoms with E-state index in [1.165, 1.54) is 12.1 Å². The van der Waals surface area contributed by atoms with E-state index in [0.717, 1.165) is 0 Å². The summed E-state index contributed by atoms with van der Waals surface area (Å²) in [5.74, 6) is -1.58. The van der Waals surface area contributed by atoms with Crippen LogP contribution in [0.4, 0.5) is 0 Å². The molecular weight excluding hydrogens is 256 g/mol. The average molecular weight is 268 g/mol. The highest BCUT2D eigenvalue weighted by molar-refractivity contribution is 6.14. The third-order valence-corrected chi connectivity index (χ3v) is 3.41. The van der Waals surface area contributed by atoms with E-state index in [1.807, 2.05) is 0 Å². The number of ketones is 1. The summed E-state index contributed by atoms with van der Waals surface area (Å²) in [6.07, 6.45) is -1.06. The molecule has 1 aliphatic rings. The van der Waals surface area contributed by atoms with Crippen molar-refractivity contribution >= 4 is 11.8 Å². The molecule has 3 rings (SSSR count). The van der Waals surface area contributed by atoms with Gasteiger partial charge < -0.3 is 9.84 Å². The molecule has 1 heterocycles. The van der Waals surface area contributed by atoms with Crippen LogP contribution in [0, 0.1) is 0 Å². The Hall–Kier alpha value is -2.46. The molecule has 1 N–H and O–H groups in total. The molecule has 2 atom stereocenters. The van der Waals surface area contributed by atoms with Gasteiger partial charge in [-0.25, -0.2) is 4.79 Å². The summed E-state index contributed by atoms with van der Waals surface area (Å²) in [7, 11) is 0. The van der Waals surface area contributed by atoms with Gasteiger partial charge in [0.25, 0.3) is 5.60 Å². The quantitative estimate of drug-likeness (QED) is 0.665. The van der Waals surface area contributed by atoms with Crippen LogP contribution < -0.4 is 0 Å². The normalized spacial score (nSPS) is 25.6. The second kappa shape index (κ2) is 4.58. The molecule has 1 fully saturated rings. The Kier molecular flexibility index (Phi) is 2.88. The molecule has 2 aromatic carbocycles. The van der Waals surface area contributed by atoms with Crippen molar-refractivity contribution in [1.82, 2.24) is 0 Å². The number of benzene rings is 2. The maximum Gasteiger partial charge on any atom is 0.352 e. The Labute approximate surface area is 115 Å². The molecule has 100 valence electrons. The standard InChI is InChI=1S/C16H12O4/c17-14-13(11-7-3-1-4-8-11)20-15(18)16(14,19)12-9-5-2-6-10-12/h1-10,13,19H. The van der Waals surface area contributed by atoms with Gasteiger partial charge in [0.05, 0.1) is 0 Å². The molecule has 0 amide bonds. The third-order valence-electron chi connectivity index (χ3n) is 3.41. The van der Waals surface area contributed by atoms with E-state index in [1.54, 1.807) is 48.5 Å². The van der Waals surface area contributed by atoms with Crippen molar-refractivity contribution in [1.29, 1.82) is 0 Å². The number of carbonyl (C=O) groups is 2. The van der Waals surface area contributed by atoms with Gasteiger partial charge in [-0.2, -0.15) is 0 Å². The van der Waals surface area contributed by atoms with Gasteiger partial charge in [-0.1, -0.05) is 60.7 Å². The number of aliphatic hydroxyl groups is 1.